The fourth-order valence-corrected chi connectivity index (χ4v) is 1.14. The molecule has 0 amide bonds. The number of nitrogens with zero attached hydrogens (tertiary/aromatic N) is 2. The topological polar surface area (TPSA) is 67.3 Å². The summed E-state index contributed by atoms with van der Waals surface area (Å²) in [6, 6.07) is 0. The molecule has 1 heterocycles. The second-order valence-electron chi connectivity index (χ2n) is 2.71. The zero-order valence-corrected chi connectivity index (χ0v) is 9.93. The minimum Gasteiger partial charge on any atom is -0.389 e. The number of aliphatic hydroxyl groups excluding tert-OH is 1. The van der Waals surface area contributed by atoms with Crippen LogP contribution in [0.4, 0.5) is 5.95 Å². The van der Waals surface area contributed by atoms with Gasteiger partial charge >= 0.3 is 0 Å². The maximum Gasteiger partial charge on any atom is 0.222 e. The molecule has 0 aliphatic heterocycles. The first-order valence-corrected chi connectivity index (χ1v) is 5.18. The van der Waals surface area contributed by atoms with E-state index in [1.165, 1.54) is 0 Å². The standard InChI is InChI=1S/C8H12IN3O2/c1-14-5-7(13)4-12-8-10-2-6(9)3-11-8/h2-3,7,13H,4-5H2,1H3,(H,10,11,12). The van der Waals surface area contributed by atoms with E-state index in [0.29, 0.717) is 19.1 Å². The lowest BCUT2D eigenvalue weighted by Crippen LogP contribution is -2.24. The lowest BCUT2D eigenvalue weighted by molar-refractivity contribution is 0.0726. The van der Waals surface area contributed by atoms with Crippen molar-refractivity contribution in [2.45, 2.75) is 6.10 Å². The van der Waals surface area contributed by atoms with Crippen LogP contribution in [0, 0.1) is 3.57 Å². The van der Waals surface area contributed by atoms with Crippen molar-refractivity contribution in [3.63, 3.8) is 0 Å². The quantitative estimate of drug-likeness (QED) is 0.776. The Hall–Kier alpha value is -0.470. The largest absolute Gasteiger partial charge is 0.389 e. The van der Waals surface area contributed by atoms with Crippen LogP contribution < -0.4 is 5.32 Å². The van der Waals surface area contributed by atoms with Gasteiger partial charge in [0.15, 0.2) is 0 Å². The van der Waals surface area contributed by atoms with Gasteiger partial charge in [0.2, 0.25) is 5.95 Å². The molecule has 14 heavy (non-hydrogen) atoms. The molecular formula is C8H12IN3O2. The number of aromatic nitrogens is 2. The first-order valence-electron chi connectivity index (χ1n) is 4.11. The van der Waals surface area contributed by atoms with Crippen LogP contribution >= 0.6 is 22.6 Å². The number of hydrogen-bond acceptors (Lipinski definition) is 5. The molecule has 0 aliphatic rings. The smallest absolute Gasteiger partial charge is 0.222 e. The number of ether oxygens (including phenoxy) is 1. The minimum atomic E-state index is -0.539. The van der Waals surface area contributed by atoms with Crippen LogP contribution in [-0.2, 0) is 4.74 Å². The van der Waals surface area contributed by atoms with Gasteiger partial charge in [0.25, 0.3) is 0 Å². The summed E-state index contributed by atoms with van der Waals surface area (Å²) in [4.78, 5) is 8.06. The molecule has 1 aromatic rings. The molecule has 1 rings (SSSR count). The Morgan fingerprint density at radius 1 is 1.57 bits per heavy atom. The van der Waals surface area contributed by atoms with Gasteiger partial charge in [-0.25, -0.2) is 9.97 Å². The third-order valence-electron chi connectivity index (χ3n) is 1.48. The Labute approximate surface area is 96.0 Å². The molecule has 2 N–H and O–H groups in total. The molecule has 0 aliphatic carbocycles. The van der Waals surface area contributed by atoms with E-state index in [0.717, 1.165) is 3.57 Å². The molecule has 0 aromatic carbocycles. The molecule has 0 fully saturated rings. The number of hydrogen-bond donors (Lipinski definition) is 2. The lowest BCUT2D eigenvalue weighted by atomic mass is 10.4. The molecule has 1 aromatic heterocycles. The van der Waals surface area contributed by atoms with Crippen LogP contribution in [0.15, 0.2) is 12.4 Å². The second kappa shape index (κ2) is 6.10. The van der Waals surface area contributed by atoms with Crippen LogP contribution in [0.2, 0.25) is 0 Å². The SMILES string of the molecule is COCC(O)CNc1ncc(I)cn1. The van der Waals surface area contributed by atoms with Crippen LogP contribution in [-0.4, -0.2) is 41.4 Å². The van der Waals surface area contributed by atoms with Crippen molar-refractivity contribution < 1.29 is 9.84 Å². The van der Waals surface area contributed by atoms with E-state index >= 15 is 0 Å². The predicted octanol–water partition coefficient (Wildman–Crippen LogP) is 0.500. The molecule has 1 atom stereocenters. The van der Waals surface area contributed by atoms with Crippen molar-refractivity contribution in [3.8, 4) is 0 Å². The van der Waals surface area contributed by atoms with Crippen molar-refractivity contribution in [1.82, 2.24) is 9.97 Å². The van der Waals surface area contributed by atoms with Gasteiger partial charge in [0.05, 0.1) is 12.7 Å². The van der Waals surface area contributed by atoms with Gasteiger partial charge < -0.3 is 15.2 Å². The number of rotatable bonds is 5. The Kier molecular flexibility index (Phi) is 5.05. The zero-order chi connectivity index (χ0) is 10.4. The molecule has 5 nitrogen and oxygen atoms in total. The average molecular weight is 309 g/mol. The van der Waals surface area contributed by atoms with Crippen molar-refractivity contribution in [1.29, 1.82) is 0 Å². The Morgan fingerprint density at radius 3 is 2.79 bits per heavy atom. The Balaban J connectivity index is 2.34. The molecule has 6 heteroatoms. The highest BCUT2D eigenvalue weighted by molar-refractivity contribution is 14.1. The summed E-state index contributed by atoms with van der Waals surface area (Å²) in [5.41, 5.74) is 0. The summed E-state index contributed by atoms with van der Waals surface area (Å²) in [6.07, 6.45) is 2.87. The third-order valence-corrected chi connectivity index (χ3v) is 2.03. The van der Waals surface area contributed by atoms with Crippen molar-refractivity contribution in [3.05, 3.63) is 16.0 Å². The fourth-order valence-electron chi connectivity index (χ4n) is 0.864. The molecule has 0 saturated heterocycles. The first-order chi connectivity index (χ1) is 6.72. The summed E-state index contributed by atoms with van der Waals surface area (Å²) in [6.45, 7) is 0.686. The van der Waals surface area contributed by atoms with E-state index < -0.39 is 6.10 Å². The summed E-state index contributed by atoms with van der Waals surface area (Å²) < 4.78 is 5.76. The van der Waals surface area contributed by atoms with Crippen molar-refractivity contribution >= 4 is 28.5 Å². The van der Waals surface area contributed by atoms with Crippen molar-refractivity contribution in [2.75, 3.05) is 25.6 Å². The van der Waals surface area contributed by atoms with Crippen LogP contribution in [0.5, 0.6) is 0 Å². The third kappa shape index (κ3) is 4.16. The van der Waals surface area contributed by atoms with Gasteiger partial charge in [-0.05, 0) is 22.6 Å². The normalized spacial score (nSPS) is 12.5. The van der Waals surface area contributed by atoms with E-state index in [1.54, 1.807) is 19.5 Å². The predicted molar refractivity (Wildman–Crippen MR) is 61.1 cm³/mol. The molecule has 0 bridgehead atoms. The average Bonchev–Trinajstić information content (AvgIpc) is 2.17. The zero-order valence-electron chi connectivity index (χ0n) is 7.77. The summed E-state index contributed by atoms with van der Waals surface area (Å²) in [5.74, 6) is 0.514. The monoisotopic (exact) mass is 309 g/mol. The van der Waals surface area contributed by atoms with E-state index in [1.807, 2.05) is 0 Å². The van der Waals surface area contributed by atoms with Crippen molar-refractivity contribution in [2.24, 2.45) is 0 Å². The maximum absolute atomic E-state index is 9.32. The highest BCUT2D eigenvalue weighted by Crippen LogP contribution is 2.02. The second-order valence-corrected chi connectivity index (χ2v) is 3.96. The van der Waals surface area contributed by atoms with Gasteiger partial charge in [-0.1, -0.05) is 0 Å². The first kappa shape index (κ1) is 11.6. The van der Waals surface area contributed by atoms with Gasteiger partial charge in [-0.3, -0.25) is 0 Å². The van der Waals surface area contributed by atoms with E-state index in [9.17, 15) is 5.11 Å². The summed E-state index contributed by atoms with van der Waals surface area (Å²) in [7, 11) is 1.55. The number of nitrogens with one attached hydrogen (secondary N) is 1. The Morgan fingerprint density at radius 2 is 2.21 bits per heavy atom. The van der Waals surface area contributed by atoms with Gasteiger partial charge in [0.1, 0.15) is 0 Å². The lowest BCUT2D eigenvalue weighted by Gasteiger charge is -2.09. The van der Waals surface area contributed by atoms with Crippen LogP contribution in [0.1, 0.15) is 0 Å². The van der Waals surface area contributed by atoms with Gasteiger partial charge in [-0.2, -0.15) is 0 Å². The molecule has 1 unspecified atom stereocenters. The summed E-state index contributed by atoms with van der Waals surface area (Å²) in [5, 5.41) is 12.2. The molecule has 78 valence electrons. The molecule has 0 spiro atoms. The summed E-state index contributed by atoms with van der Waals surface area (Å²) >= 11 is 2.13. The Bertz CT molecular complexity index is 268. The van der Waals surface area contributed by atoms with E-state index in [-0.39, 0.29) is 0 Å². The highest BCUT2D eigenvalue weighted by Gasteiger charge is 2.03. The number of aliphatic hydroxyl groups is 1. The minimum absolute atomic E-state index is 0.303. The van der Waals surface area contributed by atoms with E-state index in [4.69, 9.17) is 4.74 Å². The molecular weight excluding hydrogens is 297 g/mol. The number of methoxy groups -OCH3 is 1. The van der Waals surface area contributed by atoms with Crippen LogP contribution in [0.25, 0.3) is 0 Å². The maximum atomic E-state index is 9.32. The highest BCUT2D eigenvalue weighted by atomic mass is 127. The van der Waals surface area contributed by atoms with Gasteiger partial charge in [-0.15, -0.1) is 0 Å². The number of anilines is 1. The fraction of sp³-hybridized carbons (Fsp3) is 0.500. The molecule has 0 saturated carbocycles. The van der Waals surface area contributed by atoms with Gasteiger partial charge in [0, 0.05) is 29.6 Å². The van der Waals surface area contributed by atoms with Crippen LogP contribution in [0.3, 0.4) is 0 Å². The number of halogens is 1. The van der Waals surface area contributed by atoms with E-state index in [2.05, 4.69) is 37.9 Å². The molecule has 0 radical (unpaired) electrons.